The average molecular weight is 496 g/mol. The number of aromatic amines is 1. The van der Waals surface area contributed by atoms with Crippen molar-refractivity contribution in [1.82, 2.24) is 4.98 Å². The van der Waals surface area contributed by atoms with Gasteiger partial charge in [-0.2, -0.15) is 0 Å². The topological polar surface area (TPSA) is 71.6 Å². The fourth-order valence-corrected chi connectivity index (χ4v) is 6.73. The van der Waals surface area contributed by atoms with Crippen molar-refractivity contribution in [3.63, 3.8) is 0 Å². The Kier molecular flexibility index (Phi) is 5.55. The Morgan fingerprint density at radius 2 is 1.78 bits per heavy atom. The molecule has 5 nitrogen and oxygen atoms in total. The predicted octanol–water partition coefficient (Wildman–Crippen LogP) is 8.23. The highest BCUT2D eigenvalue weighted by Crippen LogP contribution is 2.67. The standard InChI is InChI=1S/C32H33NO4/c1-31(2)21-16-17-32(31,3)26(19-21)25-13-7-12-23-24(29(33-28(23)25)37-30(34)35)14-8-18-36-27-15-6-10-20-9-4-5-11-22(20)27/h4-7,9-13,15,19,21,33H,8,14,16-18H2,1-3H3,(H,34,35)/t21-,32+/m1/s1. The smallest absolute Gasteiger partial charge is 0.493 e. The molecule has 0 radical (unpaired) electrons. The van der Waals surface area contributed by atoms with Crippen LogP contribution in [0.2, 0.25) is 0 Å². The number of allylic oxidation sites excluding steroid dienone is 2. The summed E-state index contributed by atoms with van der Waals surface area (Å²) in [6.45, 7) is 7.66. The number of carboxylic acid groups (broad SMARTS) is 1. The minimum atomic E-state index is -1.31. The van der Waals surface area contributed by atoms with Gasteiger partial charge in [0.15, 0.2) is 0 Å². The first-order valence-electron chi connectivity index (χ1n) is 13.2. The summed E-state index contributed by atoms with van der Waals surface area (Å²) < 4.78 is 11.4. The van der Waals surface area contributed by atoms with E-state index in [2.05, 4.69) is 68.2 Å². The Balaban J connectivity index is 1.29. The summed E-state index contributed by atoms with van der Waals surface area (Å²) in [5.41, 5.74) is 4.67. The van der Waals surface area contributed by atoms with E-state index in [1.165, 1.54) is 18.4 Å². The summed E-state index contributed by atoms with van der Waals surface area (Å²) in [5, 5.41) is 12.7. The lowest BCUT2D eigenvalue weighted by Gasteiger charge is -2.37. The predicted molar refractivity (Wildman–Crippen MR) is 147 cm³/mol. The maximum absolute atomic E-state index is 11.5. The van der Waals surface area contributed by atoms with Crippen molar-refractivity contribution >= 4 is 33.4 Å². The largest absolute Gasteiger partial charge is 0.512 e. The molecule has 2 bridgehead atoms. The second-order valence-electron chi connectivity index (χ2n) is 11.2. The summed E-state index contributed by atoms with van der Waals surface area (Å²) >= 11 is 0. The van der Waals surface area contributed by atoms with Crippen LogP contribution < -0.4 is 9.47 Å². The van der Waals surface area contributed by atoms with Gasteiger partial charge in [0.1, 0.15) is 5.75 Å². The van der Waals surface area contributed by atoms with E-state index in [1.54, 1.807) is 0 Å². The van der Waals surface area contributed by atoms with Crippen LogP contribution in [0, 0.1) is 16.7 Å². The Bertz CT molecular complexity index is 1540. The van der Waals surface area contributed by atoms with Gasteiger partial charge in [0.25, 0.3) is 0 Å². The number of aromatic nitrogens is 1. The lowest BCUT2D eigenvalue weighted by atomic mass is 9.66. The van der Waals surface area contributed by atoms with Crippen LogP contribution in [-0.4, -0.2) is 22.9 Å². The third kappa shape index (κ3) is 3.71. The fraction of sp³-hybridized carbons (Fsp3) is 0.344. The third-order valence-corrected chi connectivity index (χ3v) is 9.23. The van der Waals surface area contributed by atoms with Gasteiger partial charge < -0.3 is 19.6 Å². The molecule has 2 aliphatic rings. The quantitative estimate of drug-likeness (QED) is 0.200. The molecule has 0 saturated heterocycles. The molecule has 1 aromatic heterocycles. The van der Waals surface area contributed by atoms with Gasteiger partial charge in [-0.05, 0) is 59.5 Å². The molecular weight excluding hydrogens is 462 g/mol. The molecule has 37 heavy (non-hydrogen) atoms. The van der Waals surface area contributed by atoms with E-state index in [4.69, 9.17) is 9.47 Å². The number of carbonyl (C=O) groups is 1. The molecule has 0 amide bonds. The summed E-state index contributed by atoms with van der Waals surface area (Å²) in [4.78, 5) is 14.9. The number of H-pyrrole nitrogens is 1. The highest BCUT2D eigenvalue weighted by atomic mass is 16.7. The van der Waals surface area contributed by atoms with Crippen LogP contribution >= 0.6 is 0 Å². The highest BCUT2D eigenvalue weighted by Gasteiger charge is 2.57. The van der Waals surface area contributed by atoms with Gasteiger partial charge in [0, 0.05) is 21.9 Å². The number of nitrogens with one attached hydrogen (secondary N) is 1. The first-order valence-corrected chi connectivity index (χ1v) is 13.2. The Morgan fingerprint density at radius 1 is 1.03 bits per heavy atom. The molecule has 1 fully saturated rings. The molecule has 2 N–H and O–H groups in total. The number of ether oxygens (including phenoxy) is 2. The van der Waals surface area contributed by atoms with Crippen molar-refractivity contribution < 1.29 is 19.4 Å². The zero-order valence-electron chi connectivity index (χ0n) is 21.6. The molecule has 190 valence electrons. The van der Waals surface area contributed by atoms with E-state index < -0.39 is 6.16 Å². The first-order chi connectivity index (χ1) is 17.8. The van der Waals surface area contributed by atoms with E-state index >= 15 is 0 Å². The van der Waals surface area contributed by atoms with Crippen LogP contribution in [0.3, 0.4) is 0 Å². The first kappa shape index (κ1) is 23.7. The van der Waals surface area contributed by atoms with Gasteiger partial charge in [0.2, 0.25) is 5.88 Å². The molecule has 0 spiro atoms. The van der Waals surface area contributed by atoms with Gasteiger partial charge in [0.05, 0.1) is 12.1 Å². The molecule has 0 unspecified atom stereocenters. The second kappa shape index (κ2) is 8.69. The number of hydrogen-bond donors (Lipinski definition) is 2. The number of aryl methyl sites for hydroxylation is 1. The summed E-state index contributed by atoms with van der Waals surface area (Å²) in [6, 6.07) is 20.6. The van der Waals surface area contributed by atoms with Crippen LogP contribution in [0.25, 0.3) is 27.2 Å². The van der Waals surface area contributed by atoms with E-state index in [1.807, 2.05) is 24.3 Å². The number of benzene rings is 3. The van der Waals surface area contributed by atoms with Gasteiger partial charge in [-0.25, -0.2) is 4.79 Å². The summed E-state index contributed by atoms with van der Waals surface area (Å²) in [6.07, 6.45) is 4.91. The lowest BCUT2D eigenvalue weighted by molar-refractivity contribution is 0.142. The van der Waals surface area contributed by atoms with E-state index in [-0.39, 0.29) is 10.8 Å². The Morgan fingerprint density at radius 3 is 2.54 bits per heavy atom. The molecule has 2 aliphatic carbocycles. The minimum absolute atomic E-state index is 0.0946. The van der Waals surface area contributed by atoms with Gasteiger partial charge >= 0.3 is 6.16 Å². The lowest BCUT2D eigenvalue weighted by Crippen LogP contribution is -2.29. The molecular formula is C32H33NO4. The van der Waals surface area contributed by atoms with Crippen molar-refractivity contribution in [3.8, 4) is 11.6 Å². The minimum Gasteiger partial charge on any atom is -0.493 e. The van der Waals surface area contributed by atoms with E-state index in [0.29, 0.717) is 24.8 Å². The molecule has 0 aliphatic heterocycles. The summed E-state index contributed by atoms with van der Waals surface area (Å²) in [7, 11) is 0. The van der Waals surface area contributed by atoms with Crippen molar-refractivity contribution in [2.45, 2.75) is 46.5 Å². The van der Waals surface area contributed by atoms with Crippen molar-refractivity contribution in [1.29, 1.82) is 0 Å². The number of hydrogen-bond acceptors (Lipinski definition) is 3. The number of rotatable bonds is 7. The molecule has 6 rings (SSSR count). The molecule has 5 heteroatoms. The van der Waals surface area contributed by atoms with E-state index in [9.17, 15) is 9.90 Å². The fourth-order valence-electron chi connectivity index (χ4n) is 6.73. The van der Waals surface area contributed by atoms with Gasteiger partial charge in [-0.3, -0.25) is 0 Å². The monoisotopic (exact) mass is 495 g/mol. The molecule has 3 aromatic carbocycles. The van der Waals surface area contributed by atoms with Crippen molar-refractivity contribution in [2.75, 3.05) is 6.61 Å². The van der Waals surface area contributed by atoms with Crippen LogP contribution in [0.1, 0.15) is 51.2 Å². The molecule has 2 atom stereocenters. The van der Waals surface area contributed by atoms with Gasteiger partial charge in [-0.15, -0.1) is 0 Å². The van der Waals surface area contributed by atoms with Crippen molar-refractivity contribution in [3.05, 3.63) is 77.9 Å². The molecule has 4 aromatic rings. The maximum atomic E-state index is 11.5. The highest BCUT2D eigenvalue weighted by molar-refractivity contribution is 5.97. The second-order valence-corrected chi connectivity index (χ2v) is 11.2. The SMILES string of the molecule is CC1(C)[C@H]2C=C(c3cccc4c(CCCOc5cccc6ccccc56)c(OC(=O)O)[nH]c34)[C@]1(C)CC2. The Hall–Kier alpha value is -3.73. The summed E-state index contributed by atoms with van der Waals surface area (Å²) in [5.74, 6) is 1.74. The average Bonchev–Trinajstić information content (AvgIpc) is 3.41. The van der Waals surface area contributed by atoms with Gasteiger partial charge in [-0.1, -0.05) is 81.4 Å². The third-order valence-electron chi connectivity index (χ3n) is 9.23. The van der Waals surface area contributed by atoms with Crippen LogP contribution in [-0.2, 0) is 6.42 Å². The van der Waals surface area contributed by atoms with E-state index in [0.717, 1.165) is 45.0 Å². The van der Waals surface area contributed by atoms with Crippen LogP contribution in [0.5, 0.6) is 11.6 Å². The van der Waals surface area contributed by atoms with Crippen molar-refractivity contribution in [2.24, 2.45) is 16.7 Å². The zero-order chi connectivity index (χ0) is 25.8. The normalized spacial score (nSPS) is 21.9. The van der Waals surface area contributed by atoms with Crippen LogP contribution in [0.4, 0.5) is 4.79 Å². The molecule has 1 saturated carbocycles. The molecule has 1 heterocycles. The maximum Gasteiger partial charge on any atom is 0.512 e. The number of fused-ring (bicyclic) bond motifs is 4. The number of para-hydroxylation sites is 1. The Labute approximate surface area is 217 Å². The van der Waals surface area contributed by atoms with Crippen LogP contribution in [0.15, 0.2) is 66.7 Å². The zero-order valence-corrected chi connectivity index (χ0v) is 21.6.